The lowest BCUT2D eigenvalue weighted by Crippen LogP contribution is -2.02. The Morgan fingerprint density at radius 3 is 2.60 bits per heavy atom. The van der Waals surface area contributed by atoms with Crippen molar-refractivity contribution in [1.29, 1.82) is 0 Å². The molecule has 3 nitrogen and oxygen atoms in total. The minimum atomic E-state index is -0.0306. The number of hydrogen-bond donors (Lipinski definition) is 1. The number of rotatable bonds is 8. The van der Waals surface area contributed by atoms with Gasteiger partial charge in [0.2, 0.25) is 5.88 Å². The van der Waals surface area contributed by atoms with Crippen LogP contribution in [-0.4, -0.2) is 16.7 Å². The van der Waals surface area contributed by atoms with E-state index >= 15 is 0 Å². The van der Waals surface area contributed by atoms with Gasteiger partial charge in [0, 0.05) is 11.8 Å². The Bertz CT molecular complexity index is 499. The van der Waals surface area contributed by atoms with E-state index in [4.69, 9.17) is 9.84 Å². The van der Waals surface area contributed by atoms with Gasteiger partial charge in [0.15, 0.2) is 0 Å². The average molecular weight is 271 g/mol. The zero-order valence-electron chi connectivity index (χ0n) is 11.7. The highest BCUT2D eigenvalue weighted by Crippen LogP contribution is 2.14. The maximum Gasteiger partial charge on any atom is 0.218 e. The van der Waals surface area contributed by atoms with E-state index < -0.39 is 0 Å². The predicted molar refractivity (Wildman–Crippen MR) is 79.7 cm³/mol. The summed E-state index contributed by atoms with van der Waals surface area (Å²) in [6, 6.07) is 14.2. The Kier molecular flexibility index (Phi) is 6.06. The van der Waals surface area contributed by atoms with Crippen LogP contribution in [0.1, 0.15) is 30.4 Å². The number of aromatic nitrogens is 1. The van der Waals surface area contributed by atoms with Gasteiger partial charge in [-0.05, 0) is 43.4 Å². The Morgan fingerprint density at radius 2 is 1.80 bits per heavy atom. The third-order valence-corrected chi connectivity index (χ3v) is 3.21. The SMILES string of the molecule is OCc1cccnc1OCCCCCc1ccccc1. The van der Waals surface area contributed by atoms with Crippen LogP contribution in [0.2, 0.25) is 0 Å². The Morgan fingerprint density at radius 1 is 0.950 bits per heavy atom. The molecule has 0 saturated carbocycles. The lowest BCUT2D eigenvalue weighted by Gasteiger charge is -2.08. The van der Waals surface area contributed by atoms with Gasteiger partial charge in [-0.3, -0.25) is 0 Å². The molecule has 0 radical (unpaired) electrons. The average Bonchev–Trinajstić information content (AvgIpc) is 2.52. The monoisotopic (exact) mass is 271 g/mol. The summed E-state index contributed by atoms with van der Waals surface area (Å²) in [5, 5.41) is 9.17. The molecule has 0 unspecified atom stereocenters. The molecule has 2 aromatic rings. The molecule has 0 aliphatic heterocycles. The highest BCUT2D eigenvalue weighted by molar-refractivity contribution is 5.24. The second kappa shape index (κ2) is 8.33. The van der Waals surface area contributed by atoms with E-state index in [0.29, 0.717) is 12.5 Å². The van der Waals surface area contributed by atoms with Crippen LogP contribution < -0.4 is 4.74 Å². The zero-order valence-corrected chi connectivity index (χ0v) is 11.7. The van der Waals surface area contributed by atoms with Gasteiger partial charge < -0.3 is 9.84 Å². The van der Waals surface area contributed by atoms with Crippen molar-refractivity contribution in [2.75, 3.05) is 6.61 Å². The van der Waals surface area contributed by atoms with Crippen molar-refractivity contribution in [3.63, 3.8) is 0 Å². The summed E-state index contributed by atoms with van der Waals surface area (Å²) in [5.74, 6) is 0.554. The number of benzene rings is 1. The number of unbranched alkanes of at least 4 members (excludes halogenated alkanes) is 2. The molecule has 1 aromatic carbocycles. The third kappa shape index (κ3) is 4.67. The number of aliphatic hydroxyl groups excluding tert-OH is 1. The minimum absolute atomic E-state index is 0.0306. The van der Waals surface area contributed by atoms with Crippen molar-refractivity contribution in [3.05, 3.63) is 59.8 Å². The molecular formula is C17H21NO2. The predicted octanol–water partition coefficient (Wildman–Crippen LogP) is 3.37. The first-order valence-corrected chi connectivity index (χ1v) is 7.11. The van der Waals surface area contributed by atoms with E-state index in [-0.39, 0.29) is 6.61 Å². The summed E-state index contributed by atoms with van der Waals surface area (Å²) >= 11 is 0. The van der Waals surface area contributed by atoms with Crippen LogP contribution in [0.25, 0.3) is 0 Å². The van der Waals surface area contributed by atoms with Crippen molar-refractivity contribution < 1.29 is 9.84 Å². The molecule has 106 valence electrons. The van der Waals surface area contributed by atoms with Gasteiger partial charge in [-0.15, -0.1) is 0 Å². The van der Waals surface area contributed by atoms with Crippen LogP contribution in [0, 0.1) is 0 Å². The summed E-state index contributed by atoms with van der Waals surface area (Å²) in [5.41, 5.74) is 2.14. The summed E-state index contributed by atoms with van der Waals surface area (Å²) in [7, 11) is 0. The third-order valence-electron chi connectivity index (χ3n) is 3.21. The highest BCUT2D eigenvalue weighted by atomic mass is 16.5. The second-order valence-corrected chi connectivity index (χ2v) is 4.77. The number of hydrogen-bond acceptors (Lipinski definition) is 3. The molecule has 0 saturated heterocycles. The number of aliphatic hydroxyl groups is 1. The Labute approximate surface area is 120 Å². The van der Waals surface area contributed by atoms with E-state index in [2.05, 4.69) is 29.2 Å². The second-order valence-electron chi connectivity index (χ2n) is 4.77. The van der Waals surface area contributed by atoms with E-state index in [0.717, 1.165) is 24.8 Å². The molecular weight excluding hydrogens is 250 g/mol. The summed E-state index contributed by atoms with van der Waals surface area (Å²) < 4.78 is 5.61. The summed E-state index contributed by atoms with van der Waals surface area (Å²) in [4.78, 5) is 4.13. The quantitative estimate of drug-likeness (QED) is 0.749. The maximum absolute atomic E-state index is 9.17. The van der Waals surface area contributed by atoms with Crippen molar-refractivity contribution in [2.45, 2.75) is 32.3 Å². The molecule has 0 amide bonds. The molecule has 20 heavy (non-hydrogen) atoms. The van der Waals surface area contributed by atoms with Gasteiger partial charge >= 0.3 is 0 Å². The van der Waals surface area contributed by atoms with Crippen molar-refractivity contribution in [3.8, 4) is 5.88 Å². The molecule has 0 fully saturated rings. The molecule has 2 rings (SSSR count). The zero-order chi connectivity index (χ0) is 14.0. The van der Waals surface area contributed by atoms with Gasteiger partial charge in [0.05, 0.1) is 13.2 Å². The summed E-state index contributed by atoms with van der Waals surface area (Å²) in [6.45, 7) is 0.621. The van der Waals surface area contributed by atoms with Crippen LogP contribution >= 0.6 is 0 Å². The van der Waals surface area contributed by atoms with Gasteiger partial charge in [-0.25, -0.2) is 4.98 Å². The van der Waals surface area contributed by atoms with Crippen LogP contribution in [0.3, 0.4) is 0 Å². The standard InChI is InChI=1S/C17H21NO2/c19-14-16-11-7-12-18-17(16)20-13-6-2-5-10-15-8-3-1-4-9-15/h1,3-4,7-9,11-12,19H,2,5-6,10,13-14H2. The van der Waals surface area contributed by atoms with Crippen LogP contribution in [0.15, 0.2) is 48.7 Å². The van der Waals surface area contributed by atoms with Gasteiger partial charge in [-0.1, -0.05) is 30.3 Å². The number of nitrogens with zero attached hydrogens (tertiary/aromatic N) is 1. The van der Waals surface area contributed by atoms with Crippen molar-refractivity contribution in [2.24, 2.45) is 0 Å². The first-order chi connectivity index (χ1) is 9.90. The van der Waals surface area contributed by atoms with E-state index in [1.54, 1.807) is 12.3 Å². The topological polar surface area (TPSA) is 42.4 Å². The minimum Gasteiger partial charge on any atom is -0.477 e. The van der Waals surface area contributed by atoms with Gasteiger partial charge in [0.25, 0.3) is 0 Å². The van der Waals surface area contributed by atoms with Crippen LogP contribution in [-0.2, 0) is 13.0 Å². The maximum atomic E-state index is 9.17. The smallest absolute Gasteiger partial charge is 0.218 e. The van der Waals surface area contributed by atoms with Crippen molar-refractivity contribution >= 4 is 0 Å². The fraction of sp³-hybridized carbons (Fsp3) is 0.353. The van der Waals surface area contributed by atoms with Crippen LogP contribution in [0.5, 0.6) is 5.88 Å². The lowest BCUT2D eigenvalue weighted by molar-refractivity contribution is 0.254. The normalized spacial score (nSPS) is 10.4. The molecule has 0 aliphatic carbocycles. The first kappa shape index (κ1) is 14.5. The van der Waals surface area contributed by atoms with Crippen LogP contribution in [0.4, 0.5) is 0 Å². The van der Waals surface area contributed by atoms with Gasteiger partial charge in [-0.2, -0.15) is 0 Å². The first-order valence-electron chi connectivity index (χ1n) is 7.11. The number of pyridine rings is 1. The molecule has 1 heterocycles. The molecule has 0 atom stereocenters. The molecule has 0 bridgehead atoms. The van der Waals surface area contributed by atoms with E-state index in [1.807, 2.05) is 12.1 Å². The van der Waals surface area contributed by atoms with E-state index in [9.17, 15) is 0 Å². The number of aryl methyl sites for hydroxylation is 1. The molecule has 0 spiro atoms. The molecule has 0 aliphatic rings. The number of ether oxygens (including phenoxy) is 1. The molecule has 1 aromatic heterocycles. The van der Waals surface area contributed by atoms with E-state index in [1.165, 1.54) is 12.0 Å². The molecule has 1 N–H and O–H groups in total. The fourth-order valence-corrected chi connectivity index (χ4v) is 2.10. The fourth-order valence-electron chi connectivity index (χ4n) is 2.10. The Hall–Kier alpha value is -1.87. The van der Waals surface area contributed by atoms with Gasteiger partial charge in [0.1, 0.15) is 0 Å². The molecule has 3 heteroatoms. The lowest BCUT2D eigenvalue weighted by atomic mass is 10.1. The largest absolute Gasteiger partial charge is 0.477 e. The Balaban J connectivity index is 1.62. The van der Waals surface area contributed by atoms with Crippen molar-refractivity contribution in [1.82, 2.24) is 4.98 Å². The highest BCUT2D eigenvalue weighted by Gasteiger charge is 2.02. The summed E-state index contributed by atoms with van der Waals surface area (Å²) in [6.07, 6.45) is 6.11.